The second-order valence-electron chi connectivity index (χ2n) is 2.42. The molecule has 1 aromatic rings. The highest BCUT2D eigenvalue weighted by Gasteiger charge is 2.15. The first-order valence-corrected chi connectivity index (χ1v) is 3.83. The van der Waals surface area contributed by atoms with E-state index >= 15 is 0 Å². The highest BCUT2D eigenvalue weighted by Crippen LogP contribution is 2.08. The molecule has 0 bridgehead atoms. The van der Waals surface area contributed by atoms with Gasteiger partial charge in [-0.05, 0) is 0 Å². The number of esters is 1. The van der Waals surface area contributed by atoms with Crippen LogP contribution in [0.1, 0.15) is 21.0 Å². The molecule has 0 unspecified atom stereocenters. The van der Waals surface area contributed by atoms with Crippen LogP contribution in [-0.4, -0.2) is 41.2 Å². The van der Waals surface area contributed by atoms with Crippen molar-refractivity contribution in [3.05, 3.63) is 17.5 Å². The minimum absolute atomic E-state index is 0.165. The molecule has 7 heteroatoms. The Morgan fingerprint density at radius 2 is 1.87 bits per heavy atom. The van der Waals surface area contributed by atoms with Gasteiger partial charge in [0.2, 0.25) is 0 Å². The summed E-state index contributed by atoms with van der Waals surface area (Å²) in [7, 11) is 2.43. The van der Waals surface area contributed by atoms with Gasteiger partial charge in [0.25, 0.3) is 0 Å². The van der Waals surface area contributed by atoms with E-state index in [1.807, 2.05) is 0 Å². The largest absolute Gasteiger partial charge is 0.477 e. The summed E-state index contributed by atoms with van der Waals surface area (Å²) < 4.78 is 9.04. The number of hydrogen-bond donors (Lipinski definition) is 1. The van der Waals surface area contributed by atoms with E-state index < -0.39 is 11.9 Å². The van der Waals surface area contributed by atoms with Gasteiger partial charge < -0.3 is 14.6 Å². The summed E-state index contributed by atoms with van der Waals surface area (Å²) >= 11 is 0. The van der Waals surface area contributed by atoms with Crippen molar-refractivity contribution in [2.75, 3.05) is 14.2 Å². The molecule has 7 nitrogen and oxygen atoms in total. The number of nitrogens with zero attached hydrogens (tertiary/aromatic N) is 2. The fourth-order valence-corrected chi connectivity index (χ4v) is 0.835. The van der Waals surface area contributed by atoms with Crippen LogP contribution < -0.4 is 4.74 Å². The van der Waals surface area contributed by atoms with Gasteiger partial charge in [0, 0.05) is 6.07 Å². The van der Waals surface area contributed by atoms with Gasteiger partial charge in [-0.2, -0.15) is 9.97 Å². The summed E-state index contributed by atoms with van der Waals surface area (Å²) in [5.41, 5.74) is -0.496. The molecule has 1 rings (SSSR count). The van der Waals surface area contributed by atoms with Crippen LogP contribution in [0.4, 0.5) is 0 Å². The number of carboxylic acids is 1. The minimum atomic E-state index is -1.28. The number of carbonyl (C=O) groups excluding carboxylic acids is 1. The molecule has 15 heavy (non-hydrogen) atoms. The van der Waals surface area contributed by atoms with E-state index in [1.165, 1.54) is 7.11 Å². The zero-order chi connectivity index (χ0) is 11.4. The van der Waals surface area contributed by atoms with Gasteiger partial charge in [-0.3, -0.25) is 0 Å². The van der Waals surface area contributed by atoms with Crippen LogP contribution >= 0.6 is 0 Å². The molecular formula is C8H8N2O5. The van der Waals surface area contributed by atoms with Crippen LogP contribution in [0, 0.1) is 0 Å². The lowest BCUT2D eigenvalue weighted by Gasteiger charge is -2.02. The molecule has 0 saturated heterocycles. The lowest BCUT2D eigenvalue weighted by Crippen LogP contribution is -2.10. The van der Waals surface area contributed by atoms with Gasteiger partial charge in [0.1, 0.15) is 0 Å². The molecule has 0 saturated carbocycles. The van der Waals surface area contributed by atoms with E-state index in [2.05, 4.69) is 19.4 Å². The normalized spacial score (nSPS) is 9.47. The number of aromatic carboxylic acids is 1. The van der Waals surface area contributed by atoms with Crippen molar-refractivity contribution in [2.24, 2.45) is 0 Å². The highest BCUT2D eigenvalue weighted by molar-refractivity contribution is 5.91. The third kappa shape index (κ3) is 2.39. The summed E-state index contributed by atoms with van der Waals surface area (Å²) in [5, 5.41) is 8.69. The number of methoxy groups -OCH3 is 2. The first kappa shape index (κ1) is 10.9. The summed E-state index contributed by atoms with van der Waals surface area (Å²) in [6.45, 7) is 0. The van der Waals surface area contributed by atoms with Gasteiger partial charge in [0.05, 0.1) is 14.2 Å². The van der Waals surface area contributed by atoms with Crippen LogP contribution in [0.15, 0.2) is 6.07 Å². The summed E-state index contributed by atoms with van der Waals surface area (Å²) in [6, 6.07) is 0.812. The van der Waals surface area contributed by atoms with E-state index in [-0.39, 0.29) is 17.4 Å². The smallest absolute Gasteiger partial charge is 0.356 e. The molecule has 0 atom stereocenters. The third-order valence-corrected chi connectivity index (χ3v) is 1.50. The molecule has 0 radical (unpaired) electrons. The number of hydrogen-bond acceptors (Lipinski definition) is 6. The fraction of sp³-hybridized carbons (Fsp3) is 0.250. The number of ether oxygens (including phenoxy) is 2. The van der Waals surface area contributed by atoms with Gasteiger partial charge >= 0.3 is 17.9 Å². The molecule has 0 aliphatic heterocycles. The quantitative estimate of drug-likeness (QED) is 0.702. The van der Waals surface area contributed by atoms with Crippen molar-refractivity contribution in [3.63, 3.8) is 0 Å². The zero-order valence-corrected chi connectivity index (χ0v) is 8.05. The molecular weight excluding hydrogens is 204 g/mol. The van der Waals surface area contributed by atoms with E-state index in [0.29, 0.717) is 0 Å². The maximum absolute atomic E-state index is 11.1. The van der Waals surface area contributed by atoms with Crippen LogP contribution in [0.3, 0.4) is 0 Å². The highest BCUT2D eigenvalue weighted by atomic mass is 16.5. The molecule has 0 aliphatic carbocycles. The van der Waals surface area contributed by atoms with Gasteiger partial charge in [-0.25, -0.2) is 9.59 Å². The lowest BCUT2D eigenvalue weighted by molar-refractivity contribution is 0.0592. The van der Waals surface area contributed by atoms with Crippen molar-refractivity contribution >= 4 is 11.9 Å². The van der Waals surface area contributed by atoms with Crippen LogP contribution in [0.25, 0.3) is 0 Å². The Morgan fingerprint density at radius 1 is 1.27 bits per heavy atom. The zero-order valence-electron chi connectivity index (χ0n) is 8.05. The topological polar surface area (TPSA) is 98.6 Å². The van der Waals surface area contributed by atoms with E-state index in [9.17, 15) is 9.59 Å². The Hall–Kier alpha value is -2.18. The minimum Gasteiger partial charge on any atom is -0.477 e. The van der Waals surface area contributed by atoms with E-state index in [4.69, 9.17) is 5.11 Å². The molecule has 0 aromatic carbocycles. The third-order valence-electron chi connectivity index (χ3n) is 1.50. The lowest BCUT2D eigenvalue weighted by atomic mass is 10.3. The average molecular weight is 212 g/mol. The Balaban J connectivity index is 3.23. The first-order valence-electron chi connectivity index (χ1n) is 3.83. The average Bonchev–Trinajstić information content (AvgIpc) is 2.27. The van der Waals surface area contributed by atoms with Crippen LogP contribution in [0.2, 0.25) is 0 Å². The van der Waals surface area contributed by atoms with Gasteiger partial charge in [0.15, 0.2) is 11.4 Å². The molecule has 0 fully saturated rings. The molecule has 0 spiro atoms. The number of carbonyl (C=O) groups is 2. The summed E-state index contributed by atoms with van der Waals surface area (Å²) in [4.78, 5) is 28.9. The molecule has 1 aromatic heterocycles. The Kier molecular flexibility index (Phi) is 3.17. The molecule has 1 heterocycles. The first-order chi connectivity index (χ1) is 7.08. The summed E-state index contributed by atoms with van der Waals surface area (Å²) in [5.74, 6) is -2.03. The molecule has 80 valence electrons. The van der Waals surface area contributed by atoms with Gasteiger partial charge in [-0.15, -0.1) is 0 Å². The van der Waals surface area contributed by atoms with E-state index in [1.54, 1.807) is 0 Å². The second kappa shape index (κ2) is 4.36. The fourth-order valence-electron chi connectivity index (χ4n) is 0.835. The maximum Gasteiger partial charge on any atom is 0.356 e. The van der Waals surface area contributed by atoms with Crippen LogP contribution in [0.5, 0.6) is 6.01 Å². The van der Waals surface area contributed by atoms with Crippen LogP contribution in [-0.2, 0) is 4.74 Å². The van der Waals surface area contributed by atoms with Crippen molar-refractivity contribution < 1.29 is 24.2 Å². The monoisotopic (exact) mass is 212 g/mol. The molecule has 0 amide bonds. The van der Waals surface area contributed by atoms with E-state index in [0.717, 1.165) is 13.2 Å². The van der Waals surface area contributed by atoms with Crippen molar-refractivity contribution in [1.82, 2.24) is 9.97 Å². The SMILES string of the molecule is COC(=O)c1cc(C(=O)O)nc(OC)n1. The molecule has 0 aliphatic rings. The van der Waals surface area contributed by atoms with Gasteiger partial charge in [-0.1, -0.05) is 0 Å². The Labute approximate surface area is 84.7 Å². The second-order valence-corrected chi connectivity index (χ2v) is 2.42. The Bertz CT molecular complexity index is 404. The number of carboxylic acid groups (broad SMARTS) is 1. The maximum atomic E-state index is 11.1. The number of aromatic nitrogens is 2. The van der Waals surface area contributed by atoms with Crippen molar-refractivity contribution in [2.45, 2.75) is 0 Å². The number of rotatable bonds is 3. The Morgan fingerprint density at radius 3 is 2.33 bits per heavy atom. The van der Waals surface area contributed by atoms with Crippen molar-refractivity contribution in [3.8, 4) is 6.01 Å². The predicted octanol–water partition coefficient (Wildman–Crippen LogP) is -0.0300. The molecule has 1 N–H and O–H groups in total. The standard InChI is InChI=1S/C8H8N2O5/c1-14-7(13)5-3-4(6(11)12)9-8(10-5)15-2/h3H,1-2H3,(H,11,12). The van der Waals surface area contributed by atoms with Crippen molar-refractivity contribution in [1.29, 1.82) is 0 Å². The predicted molar refractivity (Wildman–Crippen MR) is 46.9 cm³/mol. The summed E-state index contributed by atoms with van der Waals surface area (Å²) in [6.07, 6.45) is 0.